The second-order valence-corrected chi connectivity index (χ2v) is 6.24. The molecule has 0 radical (unpaired) electrons. The average Bonchev–Trinajstić information content (AvgIpc) is 2.65. The van der Waals surface area contributed by atoms with Crippen LogP contribution in [0.15, 0.2) is 42.5 Å². The van der Waals surface area contributed by atoms with Crippen LogP contribution in [-0.4, -0.2) is 38.2 Å². The van der Waals surface area contributed by atoms with Gasteiger partial charge in [0, 0.05) is 5.02 Å². The first-order chi connectivity index (χ1) is 12.5. The molecule has 0 aromatic heterocycles. The lowest BCUT2D eigenvalue weighted by Crippen LogP contribution is -2.48. The van der Waals surface area contributed by atoms with Crippen molar-refractivity contribution in [3.05, 3.63) is 53.1 Å². The first-order valence-corrected chi connectivity index (χ1v) is 8.40. The number of halogens is 1. The first-order valence-electron chi connectivity index (χ1n) is 8.02. The maximum absolute atomic E-state index is 12.7. The van der Waals surface area contributed by atoms with E-state index in [0.717, 1.165) is 5.56 Å². The van der Waals surface area contributed by atoms with E-state index in [-0.39, 0.29) is 19.1 Å². The minimum Gasteiger partial charge on any atom is -0.483 e. The second-order valence-electron chi connectivity index (χ2n) is 5.80. The highest BCUT2D eigenvalue weighted by atomic mass is 35.5. The highest BCUT2D eigenvalue weighted by molar-refractivity contribution is 6.30. The summed E-state index contributed by atoms with van der Waals surface area (Å²) >= 11 is 5.93. The SMILES string of the molecule is COC(=O)[C@H]1CN(C(=O)COc2ccc(Cl)cc2C)c2ccccc2O1. The van der Waals surface area contributed by atoms with Gasteiger partial charge in [0.05, 0.1) is 19.3 Å². The van der Waals surface area contributed by atoms with Gasteiger partial charge in [-0.3, -0.25) is 4.79 Å². The molecule has 1 aliphatic heterocycles. The monoisotopic (exact) mass is 375 g/mol. The van der Waals surface area contributed by atoms with E-state index in [1.807, 2.05) is 6.92 Å². The Balaban J connectivity index is 1.77. The lowest BCUT2D eigenvalue weighted by molar-refractivity contribution is -0.148. The molecule has 2 aromatic carbocycles. The first kappa shape index (κ1) is 18.1. The average molecular weight is 376 g/mol. The summed E-state index contributed by atoms with van der Waals surface area (Å²) in [6.07, 6.45) is -0.879. The number of rotatable bonds is 4. The molecule has 1 amide bonds. The van der Waals surface area contributed by atoms with Gasteiger partial charge in [-0.05, 0) is 42.8 Å². The summed E-state index contributed by atoms with van der Waals surface area (Å²) in [4.78, 5) is 26.1. The fraction of sp³-hybridized carbons (Fsp3) is 0.263. The Kier molecular flexibility index (Phi) is 5.32. The number of ether oxygens (including phenoxy) is 3. The minimum absolute atomic E-state index is 0.0610. The fourth-order valence-electron chi connectivity index (χ4n) is 2.72. The van der Waals surface area contributed by atoms with Crippen molar-refractivity contribution < 1.29 is 23.8 Å². The molecular formula is C19H18ClNO5. The smallest absolute Gasteiger partial charge is 0.348 e. The van der Waals surface area contributed by atoms with Gasteiger partial charge < -0.3 is 19.1 Å². The van der Waals surface area contributed by atoms with Crippen LogP contribution in [0.25, 0.3) is 0 Å². The van der Waals surface area contributed by atoms with Gasteiger partial charge in [0.2, 0.25) is 6.10 Å². The minimum atomic E-state index is -0.879. The number of nitrogens with zero attached hydrogens (tertiary/aromatic N) is 1. The maximum atomic E-state index is 12.7. The van der Waals surface area contributed by atoms with Crippen molar-refractivity contribution in [2.24, 2.45) is 0 Å². The fourth-order valence-corrected chi connectivity index (χ4v) is 2.94. The van der Waals surface area contributed by atoms with Gasteiger partial charge in [-0.2, -0.15) is 0 Å². The van der Waals surface area contributed by atoms with Crippen molar-refractivity contribution in [1.82, 2.24) is 0 Å². The van der Waals surface area contributed by atoms with Gasteiger partial charge in [-0.25, -0.2) is 4.79 Å². The molecule has 0 saturated heterocycles. The van der Waals surface area contributed by atoms with Crippen molar-refractivity contribution in [1.29, 1.82) is 0 Å². The summed E-state index contributed by atoms with van der Waals surface area (Å²) in [5.74, 6) is 0.203. The number of fused-ring (bicyclic) bond motifs is 1. The molecule has 7 heteroatoms. The quantitative estimate of drug-likeness (QED) is 0.769. The Labute approximate surface area is 156 Å². The van der Waals surface area contributed by atoms with Crippen LogP contribution < -0.4 is 14.4 Å². The van der Waals surface area contributed by atoms with E-state index in [2.05, 4.69) is 0 Å². The highest BCUT2D eigenvalue weighted by Crippen LogP contribution is 2.33. The Bertz CT molecular complexity index is 838. The summed E-state index contributed by atoms with van der Waals surface area (Å²) in [7, 11) is 1.28. The highest BCUT2D eigenvalue weighted by Gasteiger charge is 2.34. The molecule has 0 aliphatic carbocycles. The third-order valence-corrected chi connectivity index (χ3v) is 4.26. The molecule has 0 saturated carbocycles. The van der Waals surface area contributed by atoms with Crippen LogP contribution in [0.1, 0.15) is 5.56 Å². The van der Waals surface area contributed by atoms with E-state index < -0.39 is 12.1 Å². The number of esters is 1. The third kappa shape index (κ3) is 3.75. The third-order valence-electron chi connectivity index (χ3n) is 4.03. The van der Waals surface area contributed by atoms with E-state index in [1.165, 1.54) is 12.0 Å². The molecule has 2 aromatic rings. The van der Waals surface area contributed by atoms with E-state index in [4.69, 9.17) is 25.8 Å². The Morgan fingerprint density at radius 2 is 2.04 bits per heavy atom. The van der Waals surface area contributed by atoms with Crippen molar-refractivity contribution in [3.63, 3.8) is 0 Å². The van der Waals surface area contributed by atoms with Crippen molar-refractivity contribution in [2.75, 3.05) is 25.2 Å². The number of carbonyl (C=O) groups is 2. The van der Waals surface area contributed by atoms with Crippen molar-refractivity contribution in [2.45, 2.75) is 13.0 Å². The number of carbonyl (C=O) groups excluding carboxylic acids is 2. The molecule has 136 valence electrons. The summed E-state index contributed by atoms with van der Waals surface area (Å²) in [6, 6.07) is 12.2. The largest absolute Gasteiger partial charge is 0.483 e. The molecule has 1 atom stereocenters. The van der Waals surface area contributed by atoms with Crippen LogP contribution in [0.5, 0.6) is 11.5 Å². The van der Waals surface area contributed by atoms with Gasteiger partial charge in [0.25, 0.3) is 5.91 Å². The Morgan fingerprint density at radius 3 is 2.77 bits per heavy atom. The molecule has 0 unspecified atom stereocenters. The normalized spacial score (nSPS) is 15.7. The summed E-state index contributed by atoms with van der Waals surface area (Å²) in [5.41, 5.74) is 1.43. The van der Waals surface area contributed by atoms with Crippen LogP contribution in [0.4, 0.5) is 5.69 Å². The zero-order valence-electron chi connectivity index (χ0n) is 14.4. The molecular weight excluding hydrogens is 358 g/mol. The Hall–Kier alpha value is -2.73. The van der Waals surface area contributed by atoms with Crippen LogP contribution in [0.3, 0.4) is 0 Å². The molecule has 26 heavy (non-hydrogen) atoms. The number of hydrogen-bond acceptors (Lipinski definition) is 5. The van der Waals surface area contributed by atoms with Crippen LogP contribution >= 0.6 is 11.6 Å². The van der Waals surface area contributed by atoms with E-state index >= 15 is 0 Å². The number of benzene rings is 2. The predicted octanol–water partition coefficient (Wildman–Crippen LogP) is 2.99. The summed E-state index contributed by atoms with van der Waals surface area (Å²) in [5, 5.41) is 0.601. The van der Waals surface area contributed by atoms with Crippen molar-refractivity contribution >= 4 is 29.2 Å². The zero-order chi connectivity index (χ0) is 18.7. The molecule has 0 spiro atoms. The summed E-state index contributed by atoms with van der Waals surface area (Å²) in [6.45, 7) is 1.74. The number of anilines is 1. The van der Waals surface area contributed by atoms with E-state index in [0.29, 0.717) is 22.2 Å². The number of amides is 1. The van der Waals surface area contributed by atoms with Crippen molar-refractivity contribution in [3.8, 4) is 11.5 Å². The topological polar surface area (TPSA) is 65.1 Å². The van der Waals surface area contributed by atoms with E-state index in [9.17, 15) is 9.59 Å². The number of aryl methyl sites for hydroxylation is 1. The van der Waals surface area contributed by atoms with Gasteiger partial charge in [0.1, 0.15) is 11.5 Å². The Morgan fingerprint density at radius 1 is 1.27 bits per heavy atom. The predicted molar refractivity (Wildman–Crippen MR) is 96.9 cm³/mol. The molecule has 0 fully saturated rings. The maximum Gasteiger partial charge on any atom is 0.348 e. The van der Waals surface area contributed by atoms with Gasteiger partial charge in [-0.15, -0.1) is 0 Å². The molecule has 1 aliphatic rings. The molecule has 1 heterocycles. The zero-order valence-corrected chi connectivity index (χ0v) is 15.2. The lowest BCUT2D eigenvalue weighted by atomic mass is 10.2. The summed E-state index contributed by atoms with van der Waals surface area (Å²) < 4.78 is 16.0. The number of para-hydroxylation sites is 2. The van der Waals surface area contributed by atoms with Gasteiger partial charge >= 0.3 is 5.97 Å². The molecule has 0 N–H and O–H groups in total. The van der Waals surface area contributed by atoms with E-state index in [1.54, 1.807) is 42.5 Å². The standard InChI is InChI=1S/C19H18ClNO5/c1-12-9-13(20)7-8-15(12)25-11-18(22)21-10-17(19(23)24-2)26-16-6-4-3-5-14(16)21/h3-9,17H,10-11H2,1-2H3/t17-/m1/s1. The molecule has 0 bridgehead atoms. The molecule has 3 rings (SSSR count). The number of hydrogen-bond donors (Lipinski definition) is 0. The van der Waals surface area contributed by atoms with Gasteiger partial charge in [-0.1, -0.05) is 23.7 Å². The van der Waals surface area contributed by atoms with Crippen LogP contribution in [-0.2, 0) is 14.3 Å². The second kappa shape index (κ2) is 7.66. The number of methoxy groups -OCH3 is 1. The lowest BCUT2D eigenvalue weighted by Gasteiger charge is -2.33. The van der Waals surface area contributed by atoms with Crippen LogP contribution in [0.2, 0.25) is 5.02 Å². The van der Waals surface area contributed by atoms with Crippen LogP contribution in [0, 0.1) is 6.92 Å². The molecule has 6 nitrogen and oxygen atoms in total. The van der Waals surface area contributed by atoms with Gasteiger partial charge in [0.15, 0.2) is 6.61 Å².